The Hall–Kier alpha value is -1.22. The summed E-state index contributed by atoms with van der Waals surface area (Å²) in [7, 11) is 0. The number of aryl methyl sites for hydroxylation is 2. The fourth-order valence-corrected chi connectivity index (χ4v) is 2.75. The predicted molar refractivity (Wildman–Crippen MR) is 89.5 cm³/mol. The summed E-state index contributed by atoms with van der Waals surface area (Å²) >= 11 is 12.1. The van der Waals surface area contributed by atoms with Crippen molar-refractivity contribution in [2.24, 2.45) is 5.73 Å². The fraction of sp³-hybridized carbons (Fsp3) is 0.294. The minimum absolute atomic E-state index is 0.400. The van der Waals surface area contributed by atoms with Crippen LogP contribution in [0.4, 0.5) is 0 Å². The Kier molecular flexibility index (Phi) is 5.51. The van der Waals surface area contributed by atoms with Crippen molar-refractivity contribution in [1.82, 2.24) is 0 Å². The normalized spacial score (nSPS) is 10.7. The maximum atomic E-state index is 6.16. The Morgan fingerprint density at radius 1 is 1.05 bits per heavy atom. The first-order valence-corrected chi connectivity index (χ1v) is 7.63. The molecule has 0 saturated heterocycles. The molecule has 2 aromatic rings. The van der Waals surface area contributed by atoms with Crippen LogP contribution in [0.25, 0.3) is 0 Å². The second-order valence-electron chi connectivity index (χ2n) is 5.12. The van der Waals surface area contributed by atoms with Gasteiger partial charge in [-0.1, -0.05) is 35.3 Å². The van der Waals surface area contributed by atoms with Crippen molar-refractivity contribution in [3.05, 3.63) is 62.6 Å². The van der Waals surface area contributed by atoms with Crippen LogP contribution >= 0.6 is 23.2 Å². The average molecular weight is 324 g/mol. The average Bonchev–Trinajstić information content (AvgIpc) is 2.42. The Morgan fingerprint density at radius 2 is 1.71 bits per heavy atom. The van der Waals surface area contributed by atoms with Gasteiger partial charge in [-0.25, -0.2) is 0 Å². The predicted octanol–water partition coefficient (Wildman–Crippen LogP) is 4.69. The molecule has 0 fully saturated rings. The SMILES string of the molecule is Cc1cc(CCN)cc(C)c1OCc1cc(Cl)ccc1Cl. The first kappa shape index (κ1) is 16.2. The molecule has 0 bridgehead atoms. The molecule has 112 valence electrons. The third-order valence-electron chi connectivity index (χ3n) is 3.33. The summed E-state index contributed by atoms with van der Waals surface area (Å²) < 4.78 is 5.95. The first-order chi connectivity index (χ1) is 10.0. The molecule has 2 nitrogen and oxygen atoms in total. The molecule has 0 radical (unpaired) electrons. The van der Waals surface area contributed by atoms with Crippen LogP contribution in [0.5, 0.6) is 5.75 Å². The van der Waals surface area contributed by atoms with Crippen molar-refractivity contribution < 1.29 is 4.74 Å². The van der Waals surface area contributed by atoms with Gasteiger partial charge >= 0.3 is 0 Å². The molecular weight excluding hydrogens is 305 g/mol. The quantitative estimate of drug-likeness (QED) is 0.866. The third-order valence-corrected chi connectivity index (χ3v) is 3.94. The molecule has 0 saturated carbocycles. The highest BCUT2D eigenvalue weighted by atomic mass is 35.5. The van der Waals surface area contributed by atoms with Gasteiger partial charge in [0.05, 0.1) is 0 Å². The lowest BCUT2D eigenvalue weighted by Crippen LogP contribution is -2.05. The van der Waals surface area contributed by atoms with Crippen LogP contribution in [0.2, 0.25) is 10.0 Å². The van der Waals surface area contributed by atoms with Crippen LogP contribution in [-0.4, -0.2) is 6.54 Å². The lowest BCUT2D eigenvalue weighted by Gasteiger charge is -2.15. The highest BCUT2D eigenvalue weighted by Gasteiger charge is 2.08. The van der Waals surface area contributed by atoms with E-state index in [0.29, 0.717) is 23.2 Å². The minimum Gasteiger partial charge on any atom is -0.488 e. The molecule has 0 atom stereocenters. The molecule has 0 aliphatic carbocycles. The van der Waals surface area contributed by atoms with E-state index in [2.05, 4.69) is 12.1 Å². The van der Waals surface area contributed by atoms with Gasteiger partial charge in [0.25, 0.3) is 0 Å². The van der Waals surface area contributed by atoms with E-state index in [4.69, 9.17) is 33.7 Å². The molecule has 0 spiro atoms. The van der Waals surface area contributed by atoms with Crippen molar-refractivity contribution in [3.8, 4) is 5.75 Å². The van der Waals surface area contributed by atoms with Gasteiger partial charge in [0.2, 0.25) is 0 Å². The number of hydrogen-bond donors (Lipinski definition) is 1. The molecule has 2 N–H and O–H groups in total. The van der Waals surface area contributed by atoms with Gasteiger partial charge in [-0.05, 0) is 61.7 Å². The van der Waals surface area contributed by atoms with Gasteiger partial charge in [-0.3, -0.25) is 0 Å². The van der Waals surface area contributed by atoms with Gasteiger partial charge in [-0.2, -0.15) is 0 Å². The molecule has 0 unspecified atom stereocenters. The van der Waals surface area contributed by atoms with Crippen LogP contribution in [0.1, 0.15) is 22.3 Å². The van der Waals surface area contributed by atoms with Crippen LogP contribution in [0, 0.1) is 13.8 Å². The van der Waals surface area contributed by atoms with E-state index in [1.807, 2.05) is 19.9 Å². The van der Waals surface area contributed by atoms with E-state index >= 15 is 0 Å². The van der Waals surface area contributed by atoms with Crippen molar-refractivity contribution in [2.45, 2.75) is 26.9 Å². The highest BCUT2D eigenvalue weighted by Crippen LogP contribution is 2.28. The maximum absolute atomic E-state index is 6.16. The standard InChI is InChI=1S/C17H19Cl2NO/c1-11-7-13(5-6-20)8-12(2)17(11)21-10-14-9-15(18)3-4-16(14)19/h3-4,7-9H,5-6,10,20H2,1-2H3. The fourth-order valence-electron chi connectivity index (χ4n) is 2.38. The first-order valence-electron chi connectivity index (χ1n) is 6.88. The Labute approximate surface area is 135 Å². The molecule has 0 aliphatic rings. The number of hydrogen-bond acceptors (Lipinski definition) is 2. The summed E-state index contributed by atoms with van der Waals surface area (Å²) in [6.45, 7) is 5.14. The monoisotopic (exact) mass is 323 g/mol. The summed E-state index contributed by atoms with van der Waals surface area (Å²) in [5.41, 5.74) is 9.94. The van der Waals surface area contributed by atoms with E-state index in [9.17, 15) is 0 Å². The molecule has 0 aliphatic heterocycles. The zero-order chi connectivity index (χ0) is 15.4. The van der Waals surface area contributed by atoms with Crippen molar-refractivity contribution in [1.29, 1.82) is 0 Å². The van der Waals surface area contributed by atoms with Gasteiger partial charge in [0.1, 0.15) is 12.4 Å². The molecule has 0 aromatic heterocycles. The van der Waals surface area contributed by atoms with E-state index in [-0.39, 0.29) is 0 Å². The van der Waals surface area contributed by atoms with Gasteiger partial charge in [0, 0.05) is 15.6 Å². The molecular formula is C17H19Cl2NO. The maximum Gasteiger partial charge on any atom is 0.125 e. The zero-order valence-corrected chi connectivity index (χ0v) is 13.8. The summed E-state index contributed by atoms with van der Waals surface area (Å²) in [5, 5.41) is 1.32. The summed E-state index contributed by atoms with van der Waals surface area (Å²) in [5.74, 6) is 0.895. The number of halogens is 2. The van der Waals surface area contributed by atoms with Crippen LogP contribution in [0.3, 0.4) is 0 Å². The minimum atomic E-state index is 0.400. The van der Waals surface area contributed by atoms with Crippen LogP contribution in [0.15, 0.2) is 30.3 Å². The van der Waals surface area contributed by atoms with Crippen LogP contribution < -0.4 is 10.5 Å². The third kappa shape index (κ3) is 4.13. The number of benzene rings is 2. The molecule has 0 amide bonds. The molecule has 2 aromatic carbocycles. The number of ether oxygens (including phenoxy) is 1. The van der Waals surface area contributed by atoms with Crippen LogP contribution in [-0.2, 0) is 13.0 Å². The number of nitrogens with two attached hydrogens (primary N) is 1. The van der Waals surface area contributed by atoms with E-state index in [1.165, 1.54) is 5.56 Å². The zero-order valence-electron chi connectivity index (χ0n) is 12.2. The smallest absolute Gasteiger partial charge is 0.125 e. The molecule has 0 heterocycles. The lowest BCUT2D eigenvalue weighted by molar-refractivity contribution is 0.302. The topological polar surface area (TPSA) is 35.2 Å². The lowest BCUT2D eigenvalue weighted by atomic mass is 10.0. The largest absolute Gasteiger partial charge is 0.488 e. The van der Waals surface area contributed by atoms with Crippen molar-refractivity contribution >= 4 is 23.2 Å². The second-order valence-corrected chi connectivity index (χ2v) is 5.97. The van der Waals surface area contributed by atoms with Gasteiger partial charge in [-0.15, -0.1) is 0 Å². The number of rotatable bonds is 5. The Morgan fingerprint density at radius 3 is 2.33 bits per heavy atom. The molecule has 21 heavy (non-hydrogen) atoms. The summed E-state index contributed by atoms with van der Waals surface area (Å²) in [6.07, 6.45) is 0.877. The second kappa shape index (κ2) is 7.17. The van der Waals surface area contributed by atoms with E-state index in [0.717, 1.165) is 28.9 Å². The molecule has 4 heteroatoms. The highest BCUT2D eigenvalue weighted by molar-refractivity contribution is 6.33. The van der Waals surface area contributed by atoms with Crippen molar-refractivity contribution in [3.63, 3.8) is 0 Å². The Balaban J connectivity index is 2.18. The van der Waals surface area contributed by atoms with E-state index in [1.54, 1.807) is 12.1 Å². The van der Waals surface area contributed by atoms with Gasteiger partial charge < -0.3 is 10.5 Å². The van der Waals surface area contributed by atoms with Crippen molar-refractivity contribution in [2.75, 3.05) is 6.54 Å². The van der Waals surface area contributed by atoms with Gasteiger partial charge in [0.15, 0.2) is 0 Å². The summed E-state index contributed by atoms with van der Waals surface area (Å²) in [6, 6.07) is 9.62. The molecule has 2 rings (SSSR count). The van der Waals surface area contributed by atoms with E-state index < -0.39 is 0 Å². The Bertz CT molecular complexity index is 618. The summed E-state index contributed by atoms with van der Waals surface area (Å²) in [4.78, 5) is 0.